The van der Waals surface area contributed by atoms with Crippen molar-refractivity contribution in [1.82, 2.24) is 9.80 Å². The Morgan fingerprint density at radius 1 is 1.08 bits per heavy atom. The van der Waals surface area contributed by atoms with Crippen molar-refractivity contribution in [3.8, 4) is 11.5 Å². The van der Waals surface area contributed by atoms with Crippen molar-refractivity contribution in [2.24, 2.45) is 0 Å². The van der Waals surface area contributed by atoms with Gasteiger partial charge in [0.1, 0.15) is 0 Å². The van der Waals surface area contributed by atoms with Crippen LogP contribution in [-0.2, 0) is 9.53 Å². The van der Waals surface area contributed by atoms with E-state index in [0.717, 1.165) is 13.0 Å². The van der Waals surface area contributed by atoms with Crippen LogP contribution in [0.2, 0.25) is 0 Å². The third kappa shape index (κ3) is 4.85. The largest absolute Gasteiger partial charge is 0.493 e. The maximum Gasteiger partial charge on any atom is 0.320 e. The minimum atomic E-state index is -0.225. The van der Waals surface area contributed by atoms with Crippen LogP contribution in [0.25, 0.3) is 0 Å². The van der Waals surface area contributed by atoms with E-state index < -0.39 is 0 Å². The fourth-order valence-electron chi connectivity index (χ4n) is 2.95. The van der Waals surface area contributed by atoms with Gasteiger partial charge in [-0.15, -0.1) is 0 Å². The van der Waals surface area contributed by atoms with Gasteiger partial charge >= 0.3 is 5.97 Å². The molecule has 7 heteroatoms. The molecule has 0 aromatic heterocycles. The number of benzene rings is 1. The second-order valence-electron chi connectivity index (χ2n) is 5.77. The lowest BCUT2D eigenvalue weighted by atomic mass is 10.1. The molecule has 0 N–H and O–H groups in total. The van der Waals surface area contributed by atoms with Crippen LogP contribution < -0.4 is 9.47 Å². The molecule has 0 radical (unpaired) electrons. The average molecular weight is 350 g/mol. The number of hydrogen-bond acceptors (Lipinski definition) is 6. The molecule has 1 saturated heterocycles. The Bertz CT molecular complexity index is 605. The Kier molecular flexibility index (Phi) is 7.06. The molecule has 138 valence electrons. The van der Waals surface area contributed by atoms with Crippen molar-refractivity contribution in [3.63, 3.8) is 0 Å². The first-order chi connectivity index (χ1) is 12.1. The molecule has 0 saturated carbocycles. The highest BCUT2D eigenvalue weighted by molar-refractivity contribution is 5.97. The SMILES string of the molecule is CCOC(=O)CN1CCCN(C(=O)c2cccc(OC)c2OC)CC1. The smallest absolute Gasteiger partial charge is 0.320 e. The van der Waals surface area contributed by atoms with E-state index in [1.807, 2.05) is 4.90 Å². The Morgan fingerprint density at radius 3 is 2.56 bits per heavy atom. The van der Waals surface area contributed by atoms with Gasteiger partial charge in [-0.3, -0.25) is 14.5 Å². The monoisotopic (exact) mass is 350 g/mol. The zero-order chi connectivity index (χ0) is 18.2. The number of para-hydroxylation sites is 1. The first kappa shape index (κ1) is 19.1. The number of nitrogens with zero attached hydrogens (tertiary/aromatic N) is 2. The van der Waals surface area contributed by atoms with Gasteiger partial charge in [0.2, 0.25) is 0 Å². The van der Waals surface area contributed by atoms with Crippen molar-refractivity contribution in [2.75, 3.05) is 53.6 Å². The summed E-state index contributed by atoms with van der Waals surface area (Å²) in [6.07, 6.45) is 0.803. The summed E-state index contributed by atoms with van der Waals surface area (Å²) in [5, 5.41) is 0. The second kappa shape index (κ2) is 9.27. The summed E-state index contributed by atoms with van der Waals surface area (Å²) in [4.78, 5) is 28.4. The fourth-order valence-corrected chi connectivity index (χ4v) is 2.95. The standard InChI is InChI=1S/C18H26N2O5/c1-4-25-16(21)13-19-9-6-10-20(12-11-19)18(22)14-7-5-8-15(23-2)17(14)24-3/h5,7-8H,4,6,9-13H2,1-3H3. The van der Waals surface area contributed by atoms with Gasteiger partial charge in [-0.05, 0) is 25.5 Å². The minimum Gasteiger partial charge on any atom is -0.493 e. The first-order valence-electron chi connectivity index (χ1n) is 8.49. The summed E-state index contributed by atoms with van der Waals surface area (Å²) >= 11 is 0. The van der Waals surface area contributed by atoms with Crippen LogP contribution in [0.4, 0.5) is 0 Å². The van der Waals surface area contributed by atoms with E-state index >= 15 is 0 Å². The summed E-state index contributed by atoms with van der Waals surface area (Å²) in [6, 6.07) is 5.28. The molecule has 1 fully saturated rings. The number of carbonyl (C=O) groups is 2. The molecule has 0 spiro atoms. The molecule has 0 aliphatic carbocycles. The minimum absolute atomic E-state index is 0.0891. The third-order valence-corrected chi connectivity index (χ3v) is 4.17. The van der Waals surface area contributed by atoms with Crippen LogP contribution in [0.5, 0.6) is 11.5 Å². The van der Waals surface area contributed by atoms with Crippen molar-refractivity contribution >= 4 is 11.9 Å². The highest BCUT2D eigenvalue weighted by Gasteiger charge is 2.25. The third-order valence-electron chi connectivity index (χ3n) is 4.17. The molecule has 1 aliphatic heterocycles. The van der Waals surface area contributed by atoms with Gasteiger partial charge in [-0.1, -0.05) is 6.07 Å². The van der Waals surface area contributed by atoms with Gasteiger partial charge in [0.15, 0.2) is 11.5 Å². The Labute approximate surface area is 148 Å². The molecule has 0 unspecified atom stereocenters. The van der Waals surface area contributed by atoms with Crippen molar-refractivity contribution in [3.05, 3.63) is 23.8 Å². The normalized spacial score (nSPS) is 15.4. The first-order valence-corrected chi connectivity index (χ1v) is 8.49. The highest BCUT2D eigenvalue weighted by atomic mass is 16.5. The van der Waals surface area contributed by atoms with Crippen LogP contribution >= 0.6 is 0 Å². The number of carbonyl (C=O) groups excluding carboxylic acids is 2. The van der Waals surface area contributed by atoms with Gasteiger partial charge < -0.3 is 19.1 Å². The topological polar surface area (TPSA) is 68.3 Å². The molecular formula is C18H26N2O5. The van der Waals surface area contributed by atoms with E-state index in [0.29, 0.717) is 43.3 Å². The molecule has 2 rings (SSSR count). The lowest BCUT2D eigenvalue weighted by Gasteiger charge is -2.23. The van der Waals surface area contributed by atoms with Crippen LogP contribution in [0.3, 0.4) is 0 Å². The van der Waals surface area contributed by atoms with Crippen molar-refractivity contribution < 1.29 is 23.8 Å². The number of hydrogen-bond donors (Lipinski definition) is 0. The number of methoxy groups -OCH3 is 2. The van der Waals surface area contributed by atoms with Crippen molar-refractivity contribution in [2.45, 2.75) is 13.3 Å². The van der Waals surface area contributed by atoms with Gasteiger partial charge in [0.05, 0.1) is 32.9 Å². The van der Waals surface area contributed by atoms with Crippen molar-refractivity contribution in [1.29, 1.82) is 0 Å². The Morgan fingerprint density at radius 2 is 1.88 bits per heavy atom. The van der Waals surface area contributed by atoms with E-state index in [1.54, 1.807) is 37.1 Å². The molecule has 0 atom stereocenters. The van der Waals surface area contributed by atoms with E-state index in [1.165, 1.54) is 7.11 Å². The van der Waals surface area contributed by atoms with Gasteiger partial charge in [-0.25, -0.2) is 0 Å². The molecule has 1 aliphatic rings. The average Bonchev–Trinajstić information content (AvgIpc) is 2.86. The van der Waals surface area contributed by atoms with Gasteiger partial charge in [0.25, 0.3) is 5.91 Å². The quantitative estimate of drug-likeness (QED) is 0.723. The predicted molar refractivity (Wildman–Crippen MR) is 93.1 cm³/mol. The summed E-state index contributed by atoms with van der Waals surface area (Å²) in [7, 11) is 3.07. The van der Waals surface area contributed by atoms with Gasteiger partial charge in [-0.2, -0.15) is 0 Å². The lowest BCUT2D eigenvalue weighted by Crippen LogP contribution is -2.37. The molecule has 1 aromatic rings. The van der Waals surface area contributed by atoms with E-state index in [4.69, 9.17) is 14.2 Å². The molecular weight excluding hydrogens is 324 g/mol. The maximum atomic E-state index is 12.9. The van der Waals surface area contributed by atoms with E-state index in [2.05, 4.69) is 0 Å². The Hall–Kier alpha value is -2.28. The zero-order valence-corrected chi connectivity index (χ0v) is 15.1. The molecule has 1 heterocycles. The second-order valence-corrected chi connectivity index (χ2v) is 5.77. The molecule has 25 heavy (non-hydrogen) atoms. The fraction of sp³-hybridized carbons (Fsp3) is 0.556. The Balaban J connectivity index is 2.05. The molecule has 1 amide bonds. The molecule has 0 bridgehead atoms. The summed E-state index contributed by atoms with van der Waals surface area (Å²) in [5.41, 5.74) is 0.487. The lowest BCUT2D eigenvalue weighted by molar-refractivity contribution is -0.144. The number of rotatable bonds is 6. The molecule has 7 nitrogen and oxygen atoms in total. The van der Waals surface area contributed by atoms with Crippen LogP contribution in [-0.4, -0.2) is 75.2 Å². The summed E-state index contributed by atoms with van der Waals surface area (Å²) < 4.78 is 15.6. The molecule has 1 aromatic carbocycles. The van der Waals surface area contributed by atoms with Gasteiger partial charge in [0, 0.05) is 26.2 Å². The number of esters is 1. The van der Waals surface area contributed by atoms with E-state index in [9.17, 15) is 9.59 Å². The van der Waals surface area contributed by atoms with Crippen LogP contribution in [0.1, 0.15) is 23.7 Å². The zero-order valence-electron chi connectivity index (χ0n) is 15.1. The predicted octanol–water partition coefficient (Wildman–Crippen LogP) is 1.41. The summed E-state index contributed by atoms with van der Waals surface area (Å²) in [6.45, 7) is 5.03. The van der Waals surface area contributed by atoms with E-state index in [-0.39, 0.29) is 18.4 Å². The number of ether oxygens (including phenoxy) is 3. The highest BCUT2D eigenvalue weighted by Crippen LogP contribution is 2.31. The summed E-state index contributed by atoms with van der Waals surface area (Å²) in [5.74, 6) is 0.667. The number of amides is 1. The van der Waals surface area contributed by atoms with Crippen LogP contribution in [0.15, 0.2) is 18.2 Å². The van der Waals surface area contributed by atoms with Crippen LogP contribution in [0, 0.1) is 0 Å². The maximum absolute atomic E-state index is 12.9.